The summed E-state index contributed by atoms with van der Waals surface area (Å²) in [6, 6.07) is 12.0. The van der Waals surface area contributed by atoms with E-state index in [1.165, 1.54) is 7.11 Å². The third-order valence-electron chi connectivity index (χ3n) is 5.79. The molecule has 1 aromatic heterocycles. The molecule has 2 aromatic carbocycles. The molecule has 3 aromatic rings. The first-order valence-corrected chi connectivity index (χ1v) is 11.2. The monoisotopic (exact) mass is 472 g/mol. The molecule has 0 fully saturated rings. The Balaban J connectivity index is 1.82. The van der Waals surface area contributed by atoms with Crippen LogP contribution in [0.1, 0.15) is 53.8 Å². The van der Waals surface area contributed by atoms with Crippen molar-refractivity contribution in [2.45, 2.75) is 32.2 Å². The summed E-state index contributed by atoms with van der Waals surface area (Å²) in [5, 5.41) is 14.0. The number of rotatable bonds is 9. The van der Waals surface area contributed by atoms with Gasteiger partial charge in [-0.2, -0.15) is 0 Å². The van der Waals surface area contributed by atoms with Crippen molar-refractivity contribution < 1.29 is 24.2 Å². The van der Waals surface area contributed by atoms with Crippen molar-refractivity contribution in [3.8, 4) is 5.75 Å². The van der Waals surface area contributed by atoms with E-state index in [1.54, 1.807) is 30.7 Å². The number of aryl methyl sites for hydroxylation is 1. The van der Waals surface area contributed by atoms with E-state index in [-0.39, 0.29) is 24.4 Å². The van der Waals surface area contributed by atoms with E-state index in [0.717, 1.165) is 16.6 Å². The number of esters is 1. The van der Waals surface area contributed by atoms with E-state index in [1.807, 2.05) is 37.3 Å². The van der Waals surface area contributed by atoms with Crippen LogP contribution in [-0.2, 0) is 16.6 Å². The number of carbonyl (C=O) groups is 2. The summed E-state index contributed by atoms with van der Waals surface area (Å²) in [5.74, 6) is -0.419. The van der Waals surface area contributed by atoms with Gasteiger partial charge in [-0.1, -0.05) is 42.8 Å². The summed E-state index contributed by atoms with van der Waals surface area (Å²) >= 11 is 6.41. The maximum absolute atomic E-state index is 13.0. The molecule has 2 N–H and O–H groups in total. The molecule has 0 aliphatic carbocycles. The molecule has 0 saturated heterocycles. The number of aliphatic hydroxyl groups excluding tert-OH is 1. The molecule has 0 spiro atoms. The minimum absolute atomic E-state index is 0.258. The summed E-state index contributed by atoms with van der Waals surface area (Å²) < 4.78 is 12.2. The van der Waals surface area contributed by atoms with Gasteiger partial charge < -0.3 is 24.5 Å². The first kappa shape index (κ1) is 24.6. The maximum atomic E-state index is 13.0. The Morgan fingerprint density at radius 3 is 2.36 bits per heavy atom. The highest BCUT2D eigenvalue weighted by atomic mass is 35.5. The van der Waals surface area contributed by atoms with Gasteiger partial charge in [-0.05, 0) is 42.7 Å². The van der Waals surface area contributed by atoms with Crippen LogP contribution in [0.2, 0.25) is 5.02 Å². The molecule has 0 aliphatic heterocycles. The van der Waals surface area contributed by atoms with Gasteiger partial charge in [-0.25, -0.2) is 0 Å². The van der Waals surface area contributed by atoms with Gasteiger partial charge in [-0.3, -0.25) is 9.59 Å². The number of aliphatic hydroxyl groups is 1. The summed E-state index contributed by atoms with van der Waals surface area (Å²) in [4.78, 5) is 25.2. The van der Waals surface area contributed by atoms with E-state index in [9.17, 15) is 14.7 Å². The number of aromatic nitrogens is 1. The summed E-state index contributed by atoms with van der Waals surface area (Å²) in [7, 11) is 3.32. The molecule has 3 rings (SSSR count). The Morgan fingerprint density at radius 2 is 1.79 bits per heavy atom. The van der Waals surface area contributed by atoms with Crippen molar-refractivity contribution in [2.24, 2.45) is 7.05 Å². The molecule has 7 nitrogen and oxygen atoms in total. The van der Waals surface area contributed by atoms with Gasteiger partial charge in [0, 0.05) is 12.4 Å². The van der Waals surface area contributed by atoms with Crippen molar-refractivity contribution >= 4 is 34.4 Å². The molecular formula is C25H29ClN2O5. The summed E-state index contributed by atoms with van der Waals surface area (Å²) in [5.41, 5.74) is 2.76. The number of benzene rings is 2. The van der Waals surface area contributed by atoms with Gasteiger partial charge in [0.15, 0.2) is 0 Å². The fraction of sp³-hybridized carbons (Fsp3) is 0.360. The highest BCUT2D eigenvalue weighted by Crippen LogP contribution is 2.34. The van der Waals surface area contributed by atoms with Crippen LogP contribution in [0.15, 0.2) is 42.5 Å². The third-order valence-corrected chi connectivity index (χ3v) is 6.18. The van der Waals surface area contributed by atoms with Crippen LogP contribution in [0, 0.1) is 0 Å². The fourth-order valence-corrected chi connectivity index (χ4v) is 4.23. The van der Waals surface area contributed by atoms with Crippen molar-refractivity contribution in [3.63, 3.8) is 0 Å². The number of ether oxygens (including phenoxy) is 2. The molecule has 0 aliphatic rings. The topological polar surface area (TPSA) is 89.8 Å². The molecule has 0 radical (unpaired) electrons. The third kappa shape index (κ3) is 4.99. The van der Waals surface area contributed by atoms with Gasteiger partial charge in [0.05, 0.1) is 42.8 Å². The predicted octanol–water partition coefficient (Wildman–Crippen LogP) is 4.36. The van der Waals surface area contributed by atoms with Crippen molar-refractivity contribution in [1.29, 1.82) is 0 Å². The number of amides is 1. The average Bonchev–Trinajstić information content (AvgIpc) is 3.16. The molecular weight excluding hydrogens is 444 g/mol. The fourth-order valence-electron chi connectivity index (χ4n) is 3.94. The van der Waals surface area contributed by atoms with Gasteiger partial charge in [0.2, 0.25) is 0 Å². The Kier molecular flexibility index (Phi) is 8.00. The Labute approximate surface area is 198 Å². The lowest BCUT2D eigenvalue weighted by Crippen LogP contribution is -2.32. The van der Waals surface area contributed by atoms with Gasteiger partial charge in [0.25, 0.3) is 5.91 Å². The smallest absolute Gasteiger partial charge is 0.313 e. The van der Waals surface area contributed by atoms with Crippen LogP contribution in [0.4, 0.5) is 0 Å². The lowest BCUT2D eigenvalue weighted by Gasteiger charge is -2.19. The van der Waals surface area contributed by atoms with E-state index >= 15 is 0 Å². The van der Waals surface area contributed by atoms with E-state index in [0.29, 0.717) is 34.9 Å². The Morgan fingerprint density at radius 1 is 1.12 bits per heavy atom. The standard InChI is InChI=1S/C25H29ClN2O5/c1-5-17(25(31)33-6-2)15-7-9-16(10-8-15)19(14-29)27-24(30)21-13-18-20(28(21)3)11-12-22(32-4)23(18)26/h7-13,17,19,29H,5-6,14H2,1-4H3,(H,27,30)/t17?,19-/m1/s1. The normalized spacial score (nSPS) is 12.9. The quantitative estimate of drug-likeness (QED) is 0.451. The lowest BCUT2D eigenvalue weighted by molar-refractivity contribution is -0.145. The number of carbonyl (C=O) groups excluding carboxylic acids is 2. The van der Waals surface area contributed by atoms with Gasteiger partial charge >= 0.3 is 5.97 Å². The summed E-state index contributed by atoms with van der Waals surface area (Å²) in [6.07, 6.45) is 0.618. The van der Waals surface area contributed by atoms with Gasteiger partial charge in [0.1, 0.15) is 11.4 Å². The zero-order valence-electron chi connectivity index (χ0n) is 19.2. The number of hydrogen-bond donors (Lipinski definition) is 2. The van der Waals surface area contributed by atoms with Crippen LogP contribution >= 0.6 is 11.6 Å². The molecule has 1 unspecified atom stereocenters. The molecule has 1 amide bonds. The van der Waals surface area contributed by atoms with Gasteiger partial charge in [-0.15, -0.1) is 0 Å². The highest BCUT2D eigenvalue weighted by molar-refractivity contribution is 6.37. The number of nitrogens with zero attached hydrogens (tertiary/aromatic N) is 1. The minimum atomic E-state index is -0.614. The average molecular weight is 473 g/mol. The van der Waals surface area contributed by atoms with Crippen LogP contribution < -0.4 is 10.1 Å². The maximum Gasteiger partial charge on any atom is 0.313 e. The van der Waals surface area contributed by atoms with E-state index in [2.05, 4.69) is 5.32 Å². The largest absolute Gasteiger partial charge is 0.495 e. The number of fused-ring (bicyclic) bond motifs is 1. The zero-order chi connectivity index (χ0) is 24.1. The number of halogens is 1. The second-order valence-corrected chi connectivity index (χ2v) is 8.07. The predicted molar refractivity (Wildman–Crippen MR) is 128 cm³/mol. The SMILES string of the molecule is CCOC(=O)C(CC)c1ccc([C@@H](CO)NC(=O)c2cc3c(Cl)c(OC)ccc3n2C)cc1. The van der Waals surface area contributed by atoms with Crippen molar-refractivity contribution in [1.82, 2.24) is 9.88 Å². The molecule has 1 heterocycles. The van der Waals surface area contributed by atoms with Crippen LogP contribution in [0.5, 0.6) is 5.75 Å². The van der Waals surface area contributed by atoms with Crippen molar-refractivity contribution in [2.75, 3.05) is 20.3 Å². The van der Waals surface area contributed by atoms with E-state index < -0.39 is 6.04 Å². The molecule has 8 heteroatoms. The first-order valence-electron chi connectivity index (χ1n) is 10.9. The van der Waals surface area contributed by atoms with Crippen molar-refractivity contribution in [3.05, 3.63) is 64.3 Å². The van der Waals surface area contributed by atoms with E-state index in [4.69, 9.17) is 21.1 Å². The first-order chi connectivity index (χ1) is 15.9. The summed E-state index contributed by atoms with van der Waals surface area (Å²) in [6.45, 7) is 3.76. The second-order valence-electron chi connectivity index (χ2n) is 7.69. The number of methoxy groups -OCH3 is 1. The molecule has 176 valence electrons. The molecule has 0 saturated carbocycles. The Hall–Kier alpha value is -3.03. The number of nitrogens with one attached hydrogen (secondary N) is 1. The second kappa shape index (κ2) is 10.7. The highest BCUT2D eigenvalue weighted by Gasteiger charge is 2.22. The molecule has 33 heavy (non-hydrogen) atoms. The van der Waals surface area contributed by atoms with Crippen LogP contribution in [0.25, 0.3) is 10.9 Å². The minimum Gasteiger partial charge on any atom is -0.495 e. The molecule has 2 atom stereocenters. The van der Waals surface area contributed by atoms with Crippen LogP contribution in [-0.4, -0.2) is 41.9 Å². The van der Waals surface area contributed by atoms with Crippen LogP contribution in [0.3, 0.4) is 0 Å². The lowest BCUT2D eigenvalue weighted by atomic mass is 9.94. The zero-order valence-corrected chi connectivity index (χ0v) is 20.0. The Bertz CT molecular complexity index is 1140. The molecule has 0 bridgehead atoms. The number of hydrogen-bond acceptors (Lipinski definition) is 5.